The summed E-state index contributed by atoms with van der Waals surface area (Å²) in [5.41, 5.74) is 9.76. The molecule has 4 heteroatoms. The van der Waals surface area contributed by atoms with E-state index in [1.165, 1.54) is 16.7 Å². The van der Waals surface area contributed by atoms with Crippen LogP contribution in [0.1, 0.15) is 16.7 Å². The highest BCUT2D eigenvalue weighted by Crippen LogP contribution is 2.14. The van der Waals surface area contributed by atoms with Crippen LogP contribution in [0.5, 0.6) is 0 Å². The Balaban J connectivity index is 0.00000162. The van der Waals surface area contributed by atoms with E-state index in [9.17, 15) is 0 Å². The molecule has 1 aliphatic rings. The molecule has 1 atom stereocenters. The van der Waals surface area contributed by atoms with E-state index in [2.05, 4.69) is 36.9 Å². The van der Waals surface area contributed by atoms with Gasteiger partial charge in [-0.15, -0.1) is 12.4 Å². The lowest BCUT2D eigenvalue weighted by molar-refractivity contribution is -0.0260. The van der Waals surface area contributed by atoms with E-state index in [-0.39, 0.29) is 18.5 Å². The summed E-state index contributed by atoms with van der Waals surface area (Å²) in [6.45, 7) is 8.68. The van der Waals surface area contributed by atoms with Crippen LogP contribution in [0, 0.1) is 13.8 Å². The van der Waals surface area contributed by atoms with Crippen LogP contribution in [-0.2, 0) is 11.3 Å². The van der Waals surface area contributed by atoms with Gasteiger partial charge in [-0.25, -0.2) is 0 Å². The number of nitrogens with two attached hydrogens (primary N) is 1. The number of halogens is 1. The Labute approximate surface area is 116 Å². The number of aryl methyl sites for hydroxylation is 2. The van der Waals surface area contributed by atoms with E-state index in [4.69, 9.17) is 10.5 Å². The minimum atomic E-state index is 0. The Hall–Kier alpha value is -0.610. The third-order valence-electron chi connectivity index (χ3n) is 3.46. The molecular weight excluding hydrogens is 248 g/mol. The summed E-state index contributed by atoms with van der Waals surface area (Å²) in [5, 5.41) is 0. The number of hydrogen-bond donors (Lipinski definition) is 1. The largest absolute Gasteiger partial charge is 0.374 e. The van der Waals surface area contributed by atoms with Crippen LogP contribution in [0.25, 0.3) is 0 Å². The Kier molecular flexibility index (Phi) is 6.09. The Bertz CT molecular complexity index is 384. The molecule has 0 aromatic heterocycles. The van der Waals surface area contributed by atoms with E-state index in [1.807, 2.05) is 0 Å². The van der Waals surface area contributed by atoms with E-state index in [0.29, 0.717) is 6.54 Å². The van der Waals surface area contributed by atoms with Crippen molar-refractivity contribution in [1.82, 2.24) is 4.90 Å². The highest BCUT2D eigenvalue weighted by atomic mass is 35.5. The molecule has 2 N–H and O–H groups in total. The van der Waals surface area contributed by atoms with Crippen LogP contribution in [0.15, 0.2) is 18.2 Å². The predicted octanol–water partition coefficient (Wildman–Crippen LogP) is 1.88. The molecule has 0 radical (unpaired) electrons. The fourth-order valence-corrected chi connectivity index (χ4v) is 2.23. The number of benzene rings is 1. The zero-order valence-electron chi connectivity index (χ0n) is 11.2. The first-order valence-electron chi connectivity index (χ1n) is 6.29. The SMILES string of the molecule is Cc1ccc(CN2CCOC(CN)C2)cc1C.Cl. The first kappa shape index (κ1) is 15.4. The van der Waals surface area contributed by atoms with Gasteiger partial charge in [0.15, 0.2) is 0 Å². The van der Waals surface area contributed by atoms with Gasteiger partial charge in [-0.1, -0.05) is 18.2 Å². The smallest absolute Gasteiger partial charge is 0.0824 e. The molecule has 1 heterocycles. The number of nitrogens with zero attached hydrogens (tertiary/aromatic N) is 1. The molecule has 1 unspecified atom stereocenters. The predicted molar refractivity (Wildman–Crippen MR) is 77.2 cm³/mol. The summed E-state index contributed by atoms with van der Waals surface area (Å²) in [6, 6.07) is 6.70. The summed E-state index contributed by atoms with van der Waals surface area (Å²) in [4.78, 5) is 2.42. The fourth-order valence-electron chi connectivity index (χ4n) is 2.23. The first-order valence-corrected chi connectivity index (χ1v) is 6.29. The molecule has 3 nitrogen and oxygen atoms in total. The number of hydrogen-bond acceptors (Lipinski definition) is 3. The summed E-state index contributed by atoms with van der Waals surface area (Å²) in [6.07, 6.45) is 0.204. The van der Waals surface area contributed by atoms with Crippen LogP contribution in [0.2, 0.25) is 0 Å². The van der Waals surface area contributed by atoms with Crippen molar-refractivity contribution in [1.29, 1.82) is 0 Å². The lowest BCUT2D eigenvalue weighted by Gasteiger charge is -2.32. The highest BCUT2D eigenvalue weighted by Gasteiger charge is 2.18. The van der Waals surface area contributed by atoms with Crippen molar-refractivity contribution in [3.05, 3.63) is 34.9 Å². The van der Waals surface area contributed by atoms with Crippen molar-refractivity contribution in [3.63, 3.8) is 0 Å². The molecular formula is C14H23ClN2O. The van der Waals surface area contributed by atoms with Crippen molar-refractivity contribution >= 4 is 12.4 Å². The Morgan fingerprint density at radius 3 is 2.78 bits per heavy atom. The summed E-state index contributed by atoms with van der Waals surface area (Å²) in [5.74, 6) is 0. The maximum Gasteiger partial charge on any atom is 0.0824 e. The molecule has 0 bridgehead atoms. The minimum Gasteiger partial charge on any atom is -0.374 e. The summed E-state index contributed by atoms with van der Waals surface area (Å²) < 4.78 is 5.57. The van der Waals surface area contributed by atoms with Gasteiger partial charge in [0.25, 0.3) is 0 Å². The van der Waals surface area contributed by atoms with Crippen LogP contribution >= 0.6 is 12.4 Å². The van der Waals surface area contributed by atoms with E-state index in [1.54, 1.807) is 0 Å². The monoisotopic (exact) mass is 270 g/mol. The maximum absolute atomic E-state index is 5.65. The lowest BCUT2D eigenvalue weighted by Crippen LogP contribution is -2.45. The highest BCUT2D eigenvalue weighted by molar-refractivity contribution is 5.85. The van der Waals surface area contributed by atoms with Gasteiger partial charge in [-0.2, -0.15) is 0 Å². The maximum atomic E-state index is 5.65. The van der Waals surface area contributed by atoms with Gasteiger partial charge in [0.05, 0.1) is 12.7 Å². The number of rotatable bonds is 3. The first-order chi connectivity index (χ1) is 8.19. The molecule has 102 valence electrons. The second kappa shape index (κ2) is 7.10. The molecule has 0 saturated carbocycles. The van der Waals surface area contributed by atoms with Crippen LogP contribution in [0.3, 0.4) is 0 Å². The second-order valence-corrected chi connectivity index (χ2v) is 4.88. The van der Waals surface area contributed by atoms with E-state index in [0.717, 1.165) is 26.2 Å². The molecule has 1 saturated heterocycles. The molecule has 1 aromatic carbocycles. The van der Waals surface area contributed by atoms with Gasteiger partial charge in [0.2, 0.25) is 0 Å². The molecule has 0 amide bonds. The molecule has 0 spiro atoms. The molecule has 18 heavy (non-hydrogen) atoms. The van der Waals surface area contributed by atoms with Crippen LogP contribution in [0.4, 0.5) is 0 Å². The zero-order valence-corrected chi connectivity index (χ0v) is 12.0. The van der Waals surface area contributed by atoms with Gasteiger partial charge in [-0.3, -0.25) is 4.90 Å². The molecule has 1 aromatic rings. The summed E-state index contributed by atoms with van der Waals surface area (Å²) in [7, 11) is 0. The standard InChI is InChI=1S/C14H22N2O.ClH/c1-11-3-4-13(7-12(11)2)9-16-5-6-17-14(8-15)10-16;/h3-4,7,14H,5-6,8-10,15H2,1-2H3;1H. The van der Waals surface area contributed by atoms with Gasteiger partial charge < -0.3 is 10.5 Å². The van der Waals surface area contributed by atoms with Gasteiger partial charge >= 0.3 is 0 Å². The van der Waals surface area contributed by atoms with Crippen molar-refractivity contribution in [2.75, 3.05) is 26.2 Å². The van der Waals surface area contributed by atoms with Crippen LogP contribution < -0.4 is 5.73 Å². The average Bonchev–Trinajstić information content (AvgIpc) is 2.34. The topological polar surface area (TPSA) is 38.5 Å². The molecule has 0 aliphatic carbocycles. The normalized spacial score (nSPS) is 20.5. The van der Waals surface area contributed by atoms with E-state index < -0.39 is 0 Å². The summed E-state index contributed by atoms with van der Waals surface area (Å²) >= 11 is 0. The van der Waals surface area contributed by atoms with Gasteiger partial charge in [-0.05, 0) is 30.5 Å². The van der Waals surface area contributed by atoms with Crippen molar-refractivity contribution in [2.24, 2.45) is 5.73 Å². The van der Waals surface area contributed by atoms with Gasteiger partial charge in [0.1, 0.15) is 0 Å². The van der Waals surface area contributed by atoms with Crippen molar-refractivity contribution in [2.45, 2.75) is 26.5 Å². The van der Waals surface area contributed by atoms with Crippen LogP contribution in [-0.4, -0.2) is 37.2 Å². The molecule has 1 aliphatic heterocycles. The lowest BCUT2D eigenvalue weighted by atomic mass is 10.1. The van der Waals surface area contributed by atoms with Crippen molar-refractivity contribution in [3.8, 4) is 0 Å². The van der Waals surface area contributed by atoms with E-state index >= 15 is 0 Å². The second-order valence-electron chi connectivity index (χ2n) is 4.88. The quantitative estimate of drug-likeness (QED) is 0.912. The third-order valence-corrected chi connectivity index (χ3v) is 3.46. The number of ether oxygens (including phenoxy) is 1. The number of morpholine rings is 1. The molecule has 2 rings (SSSR count). The van der Waals surface area contributed by atoms with Gasteiger partial charge in [0, 0.05) is 26.2 Å². The fraction of sp³-hybridized carbons (Fsp3) is 0.571. The third kappa shape index (κ3) is 3.95. The van der Waals surface area contributed by atoms with Crippen molar-refractivity contribution < 1.29 is 4.74 Å². The zero-order chi connectivity index (χ0) is 12.3. The minimum absolute atomic E-state index is 0. The average molecular weight is 271 g/mol. The molecule has 1 fully saturated rings. The Morgan fingerprint density at radius 1 is 1.33 bits per heavy atom. The Morgan fingerprint density at radius 2 is 2.11 bits per heavy atom.